The van der Waals surface area contributed by atoms with E-state index < -0.39 is 0 Å². The largest absolute Gasteiger partial charge is 0.494 e. The van der Waals surface area contributed by atoms with Gasteiger partial charge in [0.05, 0.1) is 17.6 Å². The first kappa shape index (κ1) is 24.1. The average Bonchev–Trinajstić information content (AvgIpc) is 3.18. The normalized spacial score (nSPS) is 11.1. The Kier molecular flexibility index (Phi) is 7.76. The standard InChI is InChI=1S/C27H27Cl2N3O2/c1-18-16-22(17-19(2)26(18)29)34-15-5-14-32-24-7-4-3-6-23(24)31-25(32)12-13-30-27(33)20-8-10-21(28)11-9-20/h3-4,6-11,16-17H,5,12-15H2,1-2H3,(H,30,33). The fraction of sp³-hybridized carbons (Fsp3) is 0.259. The molecule has 0 spiro atoms. The lowest BCUT2D eigenvalue weighted by molar-refractivity contribution is 0.0954. The zero-order valence-electron chi connectivity index (χ0n) is 19.3. The van der Waals surface area contributed by atoms with Gasteiger partial charge in [-0.15, -0.1) is 0 Å². The van der Waals surface area contributed by atoms with E-state index in [2.05, 4.69) is 16.0 Å². The lowest BCUT2D eigenvalue weighted by Gasteiger charge is -2.12. The number of fused-ring (bicyclic) bond motifs is 1. The van der Waals surface area contributed by atoms with Crippen LogP contribution >= 0.6 is 23.2 Å². The predicted octanol–water partition coefficient (Wildman–Crippen LogP) is 6.40. The summed E-state index contributed by atoms with van der Waals surface area (Å²) in [4.78, 5) is 17.2. The molecule has 0 bridgehead atoms. The average molecular weight is 496 g/mol. The summed E-state index contributed by atoms with van der Waals surface area (Å²) in [5.41, 5.74) is 4.65. The molecular formula is C27H27Cl2N3O2. The van der Waals surface area contributed by atoms with Crippen molar-refractivity contribution in [3.05, 3.63) is 93.2 Å². The third-order valence-corrected chi connectivity index (χ3v) is 6.53. The number of hydrogen-bond acceptors (Lipinski definition) is 3. The molecule has 5 nitrogen and oxygen atoms in total. The second kappa shape index (κ2) is 10.9. The summed E-state index contributed by atoms with van der Waals surface area (Å²) in [5.74, 6) is 1.65. The summed E-state index contributed by atoms with van der Waals surface area (Å²) in [6, 6.07) is 18.9. The molecule has 0 saturated heterocycles. The van der Waals surface area contributed by atoms with Crippen LogP contribution in [0.1, 0.15) is 33.7 Å². The van der Waals surface area contributed by atoms with Crippen LogP contribution in [-0.2, 0) is 13.0 Å². The molecule has 1 aromatic heterocycles. The number of nitrogens with zero attached hydrogens (tertiary/aromatic N) is 2. The number of benzene rings is 3. The molecule has 1 heterocycles. The molecule has 7 heteroatoms. The van der Waals surface area contributed by atoms with Crippen LogP contribution in [0.25, 0.3) is 11.0 Å². The molecule has 0 fully saturated rings. The van der Waals surface area contributed by atoms with E-state index in [0.717, 1.165) is 51.7 Å². The minimum Gasteiger partial charge on any atom is -0.494 e. The van der Waals surface area contributed by atoms with E-state index in [-0.39, 0.29) is 5.91 Å². The van der Waals surface area contributed by atoms with Crippen molar-refractivity contribution < 1.29 is 9.53 Å². The van der Waals surface area contributed by atoms with Crippen LogP contribution < -0.4 is 10.1 Å². The zero-order valence-corrected chi connectivity index (χ0v) is 20.8. The van der Waals surface area contributed by atoms with Gasteiger partial charge in [-0.3, -0.25) is 4.79 Å². The number of rotatable bonds is 9. The number of carbonyl (C=O) groups excluding carboxylic acids is 1. The predicted molar refractivity (Wildman–Crippen MR) is 138 cm³/mol. The van der Waals surface area contributed by atoms with E-state index in [1.165, 1.54) is 0 Å². The van der Waals surface area contributed by atoms with Crippen molar-refractivity contribution in [3.63, 3.8) is 0 Å². The number of aryl methyl sites for hydroxylation is 3. The van der Waals surface area contributed by atoms with Crippen LogP contribution in [0.2, 0.25) is 10.0 Å². The summed E-state index contributed by atoms with van der Waals surface area (Å²) in [6.07, 6.45) is 1.45. The van der Waals surface area contributed by atoms with Crippen LogP contribution in [0.3, 0.4) is 0 Å². The van der Waals surface area contributed by atoms with Crippen LogP contribution in [0.4, 0.5) is 0 Å². The molecule has 4 rings (SSSR count). The monoisotopic (exact) mass is 495 g/mol. The van der Waals surface area contributed by atoms with E-state index >= 15 is 0 Å². The Balaban J connectivity index is 1.38. The topological polar surface area (TPSA) is 56.1 Å². The van der Waals surface area contributed by atoms with Gasteiger partial charge in [0, 0.05) is 35.1 Å². The van der Waals surface area contributed by atoms with Crippen molar-refractivity contribution in [1.29, 1.82) is 0 Å². The highest BCUT2D eigenvalue weighted by molar-refractivity contribution is 6.32. The smallest absolute Gasteiger partial charge is 0.251 e. The number of nitrogens with one attached hydrogen (secondary N) is 1. The Hall–Kier alpha value is -3.02. The Bertz CT molecular complexity index is 1280. The third kappa shape index (κ3) is 5.72. The number of carbonyl (C=O) groups is 1. The molecule has 0 aliphatic heterocycles. The molecule has 0 saturated carbocycles. The van der Waals surface area contributed by atoms with E-state index in [4.69, 9.17) is 32.9 Å². The molecule has 0 unspecified atom stereocenters. The molecule has 1 N–H and O–H groups in total. The van der Waals surface area contributed by atoms with Crippen LogP contribution in [0.5, 0.6) is 5.75 Å². The van der Waals surface area contributed by atoms with Crippen molar-refractivity contribution >= 4 is 40.1 Å². The van der Waals surface area contributed by atoms with Gasteiger partial charge in [-0.1, -0.05) is 35.3 Å². The van der Waals surface area contributed by atoms with Gasteiger partial charge in [0.15, 0.2) is 0 Å². The van der Waals surface area contributed by atoms with Crippen molar-refractivity contribution in [2.45, 2.75) is 33.2 Å². The van der Waals surface area contributed by atoms with Crippen molar-refractivity contribution in [3.8, 4) is 5.75 Å². The third-order valence-electron chi connectivity index (χ3n) is 5.68. The molecule has 0 aliphatic carbocycles. The first-order valence-electron chi connectivity index (χ1n) is 11.3. The second-order valence-electron chi connectivity index (χ2n) is 8.25. The first-order chi connectivity index (χ1) is 16.4. The van der Waals surface area contributed by atoms with Crippen LogP contribution in [-0.4, -0.2) is 28.6 Å². The van der Waals surface area contributed by atoms with Crippen LogP contribution in [0.15, 0.2) is 60.7 Å². The quantitative estimate of drug-likeness (QED) is 0.273. The summed E-state index contributed by atoms with van der Waals surface area (Å²) in [7, 11) is 0. The summed E-state index contributed by atoms with van der Waals surface area (Å²) in [5, 5.41) is 4.36. The Morgan fingerprint density at radius 2 is 1.74 bits per heavy atom. The number of amides is 1. The van der Waals surface area contributed by atoms with E-state index in [1.807, 2.05) is 44.2 Å². The molecule has 34 heavy (non-hydrogen) atoms. The van der Waals surface area contributed by atoms with E-state index in [1.54, 1.807) is 24.3 Å². The fourth-order valence-electron chi connectivity index (χ4n) is 3.96. The molecule has 0 radical (unpaired) electrons. The highest BCUT2D eigenvalue weighted by Crippen LogP contribution is 2.26. The highest BCUT2D eigenvalue weighted by atomic mass is 35.5. The maximum Gasteiger partial charge on any atom is 0.251 e. The number of hydrogen-bond donors (Lipinski definition) is 1. The number of aromatic nitrogens is 2. The minimum atomic E-state index is -0.124. The number of ether oxygens (including phenoxy) is 1. The van der Waals surface area contributed by atoms with E-state index in [0.29, 0.717) is 30.2 Å². The molecule has 0 atom stereocenters. The molecule has 1 amide bonds. The van der Waals surface area contributed by atoms with Crippen molar-refractivity contribution in [1.82, 2.24) is 14.9 Å². The maximum atomic E-state index is 12.4. The Morgan fingerprint density at radius 1 is 1.03 bits per heavy atom. The molecule has 176 valence electrons. The number of para-hydroxylation sites is 2. The van der Waals surface area contributed by atoms with Crippen LogP contribution in [0, 0.1) is 13.8 Å². The van der Waals surface area contributed by atoms with E-state index in [9.17, 15) is 4.79 Å². The van der Waals surface area contributed by atoms with Gasteiger partial charge >= 0.3 is 0 Å². The van der Waals surface area contributed by atoms with Gasteiger partial charge in [-0.05, 0) is 79.9 Å². The minimum absolute atomic E-state index is 0.124. The van der Waals surface area contributed by atoms with Gasteiger partial charge < -0.3 is 14.6 Å². The zero-order chi connectivity index (χ0) is 24.1. The second-order valence-corrected chi connectivity index (χ2v) is 9.07. The highest BCUT2D eigenvalue weighted by Gasteiger charge is 2.12. The number of halogens is 2. The van der Waals surface area contributed by atoms with Gasteiger partial charge in [0.2, 0.25) is 0 Å². The fourth-order valence-corrected chi connectivity index (χ4v) is 4.19. The maximum absolute atomic E-state index is 12.4. The Labute approximate surface area is 209 Å². The van der Waals surface area contributed by atoms with Crippen molar-refractivity contribution in [2.24, 2.45) is 0 Å². The lowest BCUT2D eigenvalue weighted by atomic mass is 10.1. The number of imidazole rings is 1. The van der Waals surface area contributed by atoms with Crippen molar-refractivity contribution in [2.75, 3.05) is 13.2 Å². The summed E-state index contributed by atoms with van der Waals surface area (Å²) >= 11 is 12.2. The van der Waals surface area contributed by atoms with Gasteiger partial charge in [0.1, 0.15) is 11.6 Å². The molecular weight excluding hydrogens is 469 g/mol. The molecule has 4 aromatic rings. The SMILES string of the molecule is Cc1cc(OCCCn2c(CCNC(=O)c3ccc(Cl)cc3)nc3ccccc32)cc(C)c1Cl. The molecule has 3 aromatic carbocycles. The Morgan fingerprint density at radius 3 is 2.47 bits per heavy atom. The van der Waals surface area contributed by atoms with Gasteiger partial charge in [0.25, 0.3) is 5.91 Å². The lowest BCUT2D eigenvalue weighted by Crippen LogP contribution is -2.26. The van der Waals surface area contributed by atoms with Gasteiger partial charge in [-0.2, -0.15) is 0 Å². The summed E-state index contributed by atoms with van der Waals surface area (Å²) in [6.45, 7) is 5.81. The van der Waals surface area contributed by atoms with Gasteiger partial charge in [-0.25, -0.2) is 4.98 Å². The summed E-state index contributed by atoms with van der Waals surface area (Å²) < 4.78 is 8.20. The molecule has 0 aliphatic rings. The first-order valence-corrected chi connectivity index (χ1v) is 12.1.